The summed E-state index contributed by atoms with van der Waals surface area (Å²) in [5, 5.41) is 29.0. The van der Waals surface area contributed by atoms with Crippen LogP contribution < -0.4 is 9.42 Å². The zero-order valence-electron chi connectivity index (χ0n) is 11.5. The molecule has 0 radical (unpaired) electrons. The third kappa shape index (κ3) is 2.71. The first-order valence-electron chi connectivity index (χ1n) is 6.30. The van der Waals surface area contributed by atoms with E-state index in [1.54, 1.807) is 18.2 Å². The van der Waals surface area contributed by atoms with Gasteiger partial charge in [-0.2, -0.15) is 4.73 Å². The number of aromatic nitrogens is 2. The van der Waals surface area contributed by atoms with Gasteiger partial charge >= 0.3 is 11.6 Å². The number of aliphatic hydroxyl groups excluding tert-OH is 2. The minimum atomic E-state index is -0.445. The molecule has 0 fully saturated rings. The summed E-state index contributed by atoms with van der Waals surface area (Å²) in [6, 6.07) is 6.42. The van der Waals surface area contributed by atoms with Crippen LogP contribution in [0.3, 0.4) is 0 Å². The number of benzene rings is 1. The van der Waals surface area contributed by atoms with Crippen molar-refractivity contribution in [2.24, 2.45) is 0 Å². The van der Waals surface area contributed by atoms with Crippen LogP contribution in [0.5, 0.6) is 0 Å². The molecule has 2 aromatic rings. The van der Waals surface area contributed by atoms with E-state index in [9.17, 15) is 15.2 Å². The van der Waals surface area contributed by atoms with Crippen molar-refractivity contribution in [2.45, 2.75) is 6.61 Å². The molecule has 0 saturated heterocycles. The maximum atomic E-state index is 12.4. The molecular weight excluding hydrogens is 278 g/mol. The van der Waals surface area contributed by atoms with Gasteiger partial charge in [0.05, 0.1) is 11.0 Å². The van der Waals surface area contributed by atoms with Gasteiger partial charge in [-0.1, -0.05) is 12.1 Å². The van der Waals surface area contributed by atoms with Gasteiger partial charge in [0.15, 0.2) is 17.8 Å². The van der Waals surface area contributed by atoms with E-state index in [1.807, 2.05) is 0 Å². The highest BCUT2D eigenvalue weighted by molar-refractivity contribution is 5.86. The molecule has 2 rings (SSSR count). The monoisotopic (exact) mass is 295 g/mol. The molecule has 8 nitrogen and oxygen atoms in total. The van der Waals surface area contributed by atoms with E-state index in [4.69, 9.17) is 9.84 Å². The SMILES string of the molecule is COCc1c(C(O)=[NH+]CCO)[n+](=O)c2ccccc2n1O. The number of para-hydroxylation sites is 2. The second-order valence-corrected chi connectivity index (χ2v) is 4.32. The molecule has 0 unspecified atom stereocenters. The van der Waals surface area contributed by atoms with Crippen molar-refractivity contribution in [2.75, 3.05) is 20.3 Å². The van der Waals surface area contributed by atoms with Gasteiger partial charge in [0, 0.05) is 18.1 Å². The number of aliphatic hydroxyl groups is 2. The Hall–Kier alpha value is -2.45. The van der Waals surface area contributed by atoms with Crippen LogP contribution >= 0.6 is 0 Å². The highest BCUT2D eigenvalue weighted by Crippen LogP contribution is 2.13. The van der Waals surface area contributed by atoms with Crippen molar-refractivity contribution < 1.29 is 29.6 Å². The smallest absolute Gasteiger partial charge is 0.440 e. The second-order valence-electron chi connectivity index (χ2n) is 4.32. The van der Waals surface area contributed by atoms with Gasteiger partial charge in [-0.25, -0.2) is 4.99 Å². The zero-order chi connectivity index (χ0) is 15.4. The predicted octanol–water partition coefficient (Wildman–Crippen LogP) is -1.68. The molecule has 8 heteroatoms. The lowest BCUT2D eigenvalue weighted by Crippen LogP contribution is -2.75. The molecule has 1 aromatic carbocycles. The van der Waals surface area contributed by atoms with E-state index < -0.39 is 5.90 Å². The number of hydrogen-bond acceptors (Lipinski definition) is 4. The third-order valence-corrected chi connectivity index (χ3v) is 2.97. The number of nitrogens with one attached hydrogen (secondary N) is 1. The summed E-state index contributed by atoms with van der Waals surface area (Å²) in [4.78, 5) is 14.9. The van der Waals surface area contributed by atoms with Gasteiger partial charge in [0.2, 0.25) is 0 Å². The van der Waals surface area contributed by atoms with Crippen LogP contribution in [-0.4, -0.2) is 46.3 Å². The highest BCUT2D eigenvalue weighted by Gasteiger charge is 2.33. The van der Waals surface area contributed by atoms with Crippen LogP contribution in [0.2, 0.25) is 0 Å². The Balaban J connectivity index is 2.81. The number of rotatable bonds is 5. The van der Waals surface area contributed by atoms with Crippen molar-refractivity contribution in [3.8, 4) is 0 Å². The fourth-order valence-electron chi connectivity index (χ4n) is 2.06. The van der Waals surface area contributed by atoms with Gasteiger partial charge in [0.1, 0.15) is 6.61 Å². The van der Waals surface area contributed by atoms with Crippen molar-refractivity contribution in [1.29, 1.82) is 0 Å². The molecule has 112 valence electrons. The summed E-state index contributed by atoms with van der Waals surface area (Å²) in [7, 11) is 1.41. The van der Waals surface area contributed by atoms with Gasteiger partial charge in [-0.15, -0.1) is 0 Å². The predicted molar refractivity (Wildman–Crippen MR) is 72.9 cm³/mol. The molecule has 1 aromatic heterocycles. The summed E-state index contributed by atoms with van der Waals surface area (Å²) in [6.45, 7) is -0.227. The van der Waals surface area contributed by atoms with Crippen molar-refractivity contribution in [3.63, 3.8) is 0 Å². The zero-order valence-corrected chi connectivity index (χ0v) is 11.5. The number of nitrogens with zero attached hydrogens (tertiary/aromatic N) is 2. The summed E-state index contributed by atoms with van der Waals surface area (Å²) in [6.07, 6.45) is 0. The maximum Gasteiger partial charge on any atom is 0.440 e. The van der Waals surface area contributed by atoms with Crippen LogP contribution in [0.25, 0.3) is 11.0 Å². The average molecular weight is 295 g/mol. The Bertz CT molecular complexity index is 738. The number of fused-ring (bicyclic) bond motifs is 1. The second kappa shape index (κ2) is 6.33. The van der Waals surface area contributed by atoms with Gasteiger partial charge in [-0.05, 0) is 6.07 Å². The van der Waals surface area contributed by atoms with Gasteiger partial charge < -0.3 is 20.2 Å². The van der Waals surface area contributed by atoms with Gasteiger partial charge in [0.25, 0.3) is 5.52 Å². The average Bonchev–Trinajstić information content (AvgIpc) is 2.50. The molecular formula is C13H17N3O5+2. The lowest BCUT2D eigenvalue weighted by molar-refractivity contribution is -0.497. The van der Waals surface area contributed by atoms with Crippen molar-refractivity contribution >= 4 is 16.9 Å². The van der Waals surface area contributed by atoms with E-state index in [0.717, 1.165) is 4.73 Å². The van der Waals surface area contributed by atoms with Crippen LogP contribution in [0.15, 0.2) is 24.3 Å². The number of ether oxygens (including phenoxy) is 1. The number of hydrogen-bond donors (Lipinski definition) is 4. The summed E-state index contributed by atoms with van der Waals surface area (Å²) in [5.41, 5.74) is 0.408. The minimum absolute atomic E-state index is 0.0660. The quantitative estimate of drug-likeness (QED) is 0.228. The van der Waals surface area contributed by atoms with E-state index >= 15 is 0 Å². The molecule has 0 spiro atoms. The molecule has 0 amide bonds. The lowest BCUT2D eigenvalue weighted by Gasteiger charge is -2.07. The van der Waals surface area contributed by atoms with E-state index in [0.29, 0.717) is 9.94 Å². The Morgan fingerprint density at radius 1 is 1.43 bits per heavy atom. The van der Waals surface area contributed by atoms with E-state index in [1.165, 1.54) is 13.2 Å². The first-order chi connectivity index (χ1) is 10.1. The molecule has 4 N–H and O–H groups in total. The largest absolute Gasteiger partial charge is 0.455 e. The van der Waals surface area contributed by atoms with Crippen molar-refractivity contribution in [3.05, 3.63) is 40.6 Å². The molecule has 1 heterocycles. The molecule has 0 bridgehead atoms. The first-order valence-corrected chi connectivity index (χ1v) is 6.30. The van der Waals surface area contributed by atoms with Gasteiger partial charge in [-0.3, -0.25) is 0 Å². The van der Waals surface area contributed by atoms with Crippen LogP contribution in [0.1, 0.15) is 11.4 Å². The first kappa shape index (κ1) is 14.9. The van der Waals surface area contributed by atoms with Crippen molar-refractivity contribution in [1.82, 2.24) is 4.73 Å². The Kier molecular flexibility index (Phi) is 4.51. The fourth-order valence-corrected chi connectivity index (χ4v) is 2.06. The topological polar surface area (TPSA) is 112 Å². The van der Waals surface area contributed by atoms with Crippen LogP contribution in [0, 0.1) is 4.91 Å². The maximum absolute atomic E-state index is 12.4. The molecule has 21 heavy (non-hydrogen) atoms. The van der Waals surface area contributed by atoms with Crippen LogP contribution in [-0.2, 0) is 11.3 Å². The minimum Gasteiger partial charge on any atom is -0.455 e. The Morgan fingerprint density at radius 3 is 2.81 bits per heavy atom. The van der Waals surface area contributed by atoms with E-state index in [2.05, 4.69) is 4.99 Å². The molecule has 0 aliphatic carbocycles. The number of methoxy groups -OCH3 is 1. The molecule has 0 aliphatic heterocycles. The standard InChI is InChI=1S/C13H15N3O5/c1-21-8-11-12(13(18)14-6-7-17)16(20)10-5-3-2-4-9(10)15(11)19/h2-5,17,19H,6-8H2,1H3/p+2. The Labute approximate surface area is 119 Å². The van der Waals surface area contributed by atoms with E-state index in [-0.39, 0.29) is 36.7 Å². The summed E-state index contributed by atoms with van der Waals surface area (Å²) < 4.78 is 6.29. The normalized spacial score (nSPS) is 12.0. The molecule has 0 atom stereocenters. The van der Waals surface area contributed by atoms with Crippen LogP contribution in [0.4, 0.5) is 0 Å². The third-order valence-electron chi connectivity index (χ3n) is 2.97. The lowest BCUT2D eigenvalue weighted by atomic mass is 10.2. The molecule has 0 saturated carbocycles. The molecule has 0 aliphatic rings. The summed E-state index contributed by atoms with van der Waals surface area (Å²) in [5.74, 6) is -0.445. The summed E-state index contributed by atoms with van der Waals surface area (Å²) >= 11 is 0. The Morgan fingerprint density at radius 2 is 2.14 bits per heavy atom. The highest BCUT2D eigenvalue weighted by atomic mass is 16.5. The fraction of sp³-hybridized carbons (Fsp3) is 0.308.